The molecule has 1 N–H and O–H groups in total. The van der Waals surface area contributed by atoms with Crippen molar-refractivity contribution in [2.75, 3.05) is 13.2 Å². The van der Waals surface area contributed by atoms with Gasteiger partial charge >= 0.3 is 0 Å². The zero-order chi connectivity index (χ0) is 17.8. The van der Waals surface area contributed by atoms with Gasteiger partial charge in [-0.25, -0.2) is 4.39 Å². The van der Waals surface area contributed by atoms with Crippen LogP contribution in [-0.4, -0.2) is 18.3 Å². The molecule has 4 rings (SSSR count). The van der Waals surface area contributed by atoms with Crippen LogP contribution in [0.15, 0.2) is 64.5 Å². The predicted octanol–water partition coefficient (Wildman–Crippen LogP) is 4.86. The predicted molar refractivity (Wildman–Crippen MR) is 101 cm³/mol. The number of hydrogen-bond donors (Lipinski definition) is 1. The van der Waals surface area contributed by atoms with Gasteiger partial charge in [-0.1, -0.05) is 35.5 Å². The standard InChI is InChI=1S/C20H17FN2O2S/c21-18-7-2-1-4-15(18)13-22-9-10-24-16-6-3-5-14(12-16)19-17-8-11-26-20(17)23-25-19/h1-8,11-12,22H,9-10,13H2. The van der Waals surface area contributed by atoms with Crippen LogP contribution in [0.5, 0.6) is 5.75 Å². The second-order valence-corrected chi connectivity index (χ2v) is 6.69. The van der Waals surface area contributed by atoms with Gasteiger partial charge in [0.25, 0.3) is 0 Å². The quantitative estimate of drug-likeness (QED) is 0.473. The van der Waals surface area contributed by atoms with Gasteiger partial charge in [-0.15, -0.1) is 11.3 Å². The maximum absolute atomic E-state index is 13.5. The van der Waals surface area contributed by atoms with Gasteiger partial charge in [0.15, 0.2) is 10.6 Å². The average Bonchev–Trinajstić information content (AvgIpc) is 3.27. The lowest BCUT2D eigenvalue weighted by Gasteiger charge is -2.09. The monoisotopic (exact) mass is 368 g/mol. The number of rotatable bonds is 7. The Labute approximate surface area is 154 Å². The lowest BCUT2D eigenvalue weighted by atomic mass is 10.1. The molecule has 0 aliphatic carbocycles. The molecule has 0 bridgehead atoms. The number of aromatic nitrogens is 1. The first-order valence-electron chi connectivity index (χ1n) is 8.31. The van der Waals surface area contributed by atoms with Crippen LogP contribution in [0.3, 0.4) is 0 Å². The molecule has 4 nitrogen and oxygen atoms in total. The van der Waals surface area contributed by atoms with Crippen LogP contribution in [0, 0.1) is 5.82 Å². The summed E-state index contributed by atoms with van der Waals surface area (Å²) in [7, 11) is 0. The Morgan fingerprint density at radius 3 is 2.96 bits per heavy atom. The van der Waals surface area contributed by atoms with Gasteiger partial charge in [-0.2, -0.15) is 0 Å². The molecule has 0 saturated carbocycles. The van der Waals surface area contributed by atoms with E-state index in [9.17, 15) is 4.39 Å². The Morgan fingerprint density at radius 2 is 2.04 bits per heavy atom. The molecule has 0 spiro atoms. The molecule has 0 fully saturated rings. The van der Waals surface area contributed by atoms with Gasteiger partial charge < -0.3 is 14.6 Å². The smallest absolute Gasteiger partial charge is 0.175 e. The summed E-state index contributed by atoms with van der Waals surface area (Å²) in [6.45, 7) is 1.59. The van der Waals surface area contributed by atoms with Crippen LogP contribution in [0.4, 0.5) is 4.39 Å². The lowest BCUT2D eigenvalue weighted by molar-refractivity contribution is 0.313. The summed E-state index contributed by atoms with van der Waals surface area (Å²) in [4.78, 5) is 0.892. The van der Waals surface area contributed by atoms with Crippen LogP contribution in [0.1, 0.15) is 5.56 Å². The van der Waals surface area contributed by atoms with Crippen molar-refractivity contribution in [3.63, 3.8) is 0 Å². The minimum Gasteiger partial charge on any atom is -0.492 e. The van der Waals surface area contributed by atoms with Crippen molar-refractivity contribution in [2.24, 2.45) is 0 Å². The van der Waals surface area contributed by atoms with Crippen LogP contribution in [0.2, 0.25) is 0 Å². The van der Waals surface area contributed by atoms with E-state index in [0.717, 1.165) is 27.3 Å². The Morgan fingerprint density at radius 1 is 1.12 bits per heavy atom. The fraction of sp³-hybridized carbons (Fsp3) is 0.150. The van der Waals surface area contributed by atoms with E-state index in [4.69, 9.17) is 9.26 Å². The molecular weight excluding hydrogens is 351 g/mol. The zero-order valence-corrected chi connectivity index (χ0v) is 14.8. The summed E-state index contributed by atoms with van der Waals surface area (Å²) in [5.74, 6) is 1.32. The van der Waals surface area contributed by atoms with Gasteiger partial charge in [0, 0.05) is 24.2 Å². The molecule has 2 aromatic carbocycles. The number of fused-ring (bicyclic) bond motifs is 1. The lowest BCUT2D eigenvalue weighted by Crippen LogP contribution is -2.21. The topological polar surface area (TPSA) is 47.3 Å². The molecule has 0 unspecified atom stereocenters. The normalized spacial score (nSPS) is 11.1. The number of thiophene rings is 1. The third-order valence-electron chi connectivity index (χ3n) is 4.03. The number of ether oxygens (including phenoxy) is 1. The average molecular weight is 368 g/mol. The first-order chi connectivity index (χ1) is 12.8. The third-order valence-corrected chi connectivity index (χ3v) is 4.82. The molecule has 0 radical (unpaired) electrons. The van der Waals surface area contributed by atoms with E-state index in [-0.39, 0.29) is 5.82 Å². The Kier molecular flexibility index (Phi) is 4.95. The number of hydrogen-bond acceptors (Lipinski definition) is 5. The SMILES string of the molecule is Fc1ccccc1CNCCOc1cccc(-c2onc3sccc23)c1. The molecule has 0 aliphatic heterocycles. The minimum atomic E-state index is -0.194. The maximum Gasteiger partial charge on any atom is 0.175 e. The van der Waals surface area contributed by atoms with Gasteiger partial charge in [0.1, 0.15) is 18.2 Å². The van der Waals surface area contributed by atoms with E-state index >= 15 is 0 Å². The number of nitrogens with one attached hydrogen (secondary N) is 1. The highest BCUT2D eigenvalue weighted by Crippen LogP contribution is 2.32. The first kappa shape index (κ1) is 16.8. The van der Waals surface area contributed by atoms with Gasteiger partial charge in [-0.3, -0.25) is 0 Å². The van der Waals surface area contributed by atoms with Crippen molar-refractivity contribution >= 4 is 21.6 Å². The largest absolute Gasteiger partial charge is 0.492 e. The Bertz CT molecular complexity index is 1010. The fourth-order valence-corrected chi connectivity index (χ4v) is 3.42. The molecule has 6 heteroatoms. The highest BCUT2D eigenvalue weighted by molar-refractivity contribution is 7.16. The summed E-state index contributed by atoms with van der Waals surface area (Å²) in [6.07, 6.45) is 0. The van der Waals surface area contributed by atoms with E-state index in [1.54, 1.807) is 23.5 Å². The van der Waals surface area contributed by atoms with Crippen molar-refractivity contribution in [2.45, 2.75) is 6.54 Å². The van der Waals surface area contributed by atoms with E-state index in [1.165, 1.54) is 6.07 Å². The van der Waals surface area contributed by atoms with Crippen molar-refractivity contribution in [3.8, 4) is 17.1 Å². The van der Waals surface area contributed by atoms with Gasteiger partial charge in [0.05, 0.1) is 5.39 Å². The van der Waals surface area contributed by atoms with Gasteiger partial charge in [0.2, 0.25) is 0 Å². The van der Waals surface area contributed by atoms with Gasteiger partial charge in [-0.05, 0) is 29.6 Å². The second-order valence-electron chi connectivity index (χ2n) is 5.80. The van der Waals surface area contributed by atoms with Crippen molar-refractivity contribution in [1.82, 2.24) is 10.5 Å². The molecule has 4 aromatic rings. The summed E-state index contributed by atoms with van der Waals surface area (Å²) < 4.78 is 24.8. The first-order valence-corrected chi connectivity index (χ1v) is 9.19. The second kappa shape index (κ2) is 7.68. The van der Waals surface area contributed by atoms with Crippen LogP contribution >= 0.6 is 11.3 Å². The van der Waals surface area contributed by atoms with E-state index in [2.05, 4.69) is 10.5 Å². The molecule has 0 atom stereocenters. The van der Waals surface area contributed by atoms with E-state index < -0.39 is 0 Å². The van der Waals surface area contributed by atoms with Crippen molar-refractivity contribution < 1.29 is 13.7 Å². The van der Waals surface area contributed by atoms with E-state index in [1.807, 2.05) is 41.8 Å². The Hall–Kier alpha value is -2.70. The highest BCUT2D eigenvalue weighted by atomic mass is 32.1. The maximum atomic E-state index is 13.5. The van der Waals surface area contributed by atoms with Crippen LogP contribution in [0.25, 0.3) is 21.5 Å². The molecule has 2 aromatic heterocycles. The summed E-state index contributed by atoms with van der Waals surface area (Å²) in [5.41, 5.74) is 1.59. The molecule has 0 amide bonds. The Balaban J connectivity index is 1.33. The summed E-state index contributed by atoms with van der Waals surface area (Å²) >= 11 is 1.55. The number of benzene rings is 2. The molecular formula is C20H17FN2O2S. The fourth-order valence-electron chi connectivity index (χ4n) is 2.72. The molecule has 26 heavy (non-hydrogen) atoms. The van der Waals surface area contributed by atoms with Crippen molar-refractivity contribution in [1.29, 1.82) is 0 Å². The summed E-state index contributed by atoms with van der Waals surface area (Å²) in [6, 6.07) is 16.5. The molecule has 2 heterocycles. The number of nitrogens with zero attached hydrogens (tertiary/aromatic N) is 1. The van der Waals surface area contributed by atoms with E-state index in [0.29, 0.717) is 25.3 Å². The van der Waals surface area contributed by atoms with Crippen LogP contribution in [-0.2, 0) is 6.54 Å². The van der Waals surface area contributed by atoms with Crippen LogP contribution < -0.4 is 10.1 Å². The molecule has 0 aliphatic rings. The minimum absolute atomic E-state index is 0.194. The number of halogens is 1. The molecule has 132 valence electrons. The third kappa shape index (κ3) is 3.61. The zero-order valence-electron chi connectivity index (χ0n) is 13.9. The summed E-state index contributed by atoms with van der Waals surface area (Å²) in [5, 5.41) is 10.3. The van der Waals surface area contributed by atoms with Crippen molar-refractivity contribution in [3.05, 3.63) is 71.4 Å². The molecule has 0 saturated heterocycles. The highest BCUT2D eigenvalue weighted by Gasteiger charge is 2.12.